The SMILES string of the molecule is Cc1cccc(CNc2ccc3c(n2)CCC3)c1. The molecule has 0 amide bonds. The molecule has 1 aromatic carbocycles. The van der Waals surface area contributed by atoms with E-state index in [-0.39, 0.29) is 0 Å². The molecule has 0 fully saturated rings. The number of fused-ring (bicyclic) bond motifs is 1. The van der Waals surface area contributed by atoms with Crippen molar-refractivity contribution in [3.8, 4) is 0 Å². The van der Waals surface area contributed by atoms with E-state index < -0.39 is 0 Å². The number of benzene rings is 1. The van der Waals surface area contributed by atoms with Gasteiger partial charge in [-0.2, -0.15) is 0 Å². The second-order valence-electron chi connectivity index (χ2n) is 5.00. The van der Waals surface area contributed by atoms with Crippen LogP contribution >= 0.6 is 0 Å². The summed E-state index contributed by atoms with van der Waals surface area (Å²) in [6.45, 7) is 2.96. The van der Waals surface area contributed by atoms with Gasteiger partial charge in [-0.05, 0) is 43.4 Å². The van der Waals surface area contributed by atoms with E-state index in [0.29, 0.717) is 0 Å². The first-order valence-electron chi connectivity index (χ1n) is 6.59. The van der Waals surface area contributed by atoms with Gasteiger partial charge in [0.1, 0.15) is 5.82 Å². The van der Waals surface area contributed by atoms with Crippen molar-refractivity contribution in [1.82, 2.24) is 4.98 Å². The van der Waals surface area contributed by atoms with E-state index in [9.17, 15) is 0 Å². The van der Waals surface area contributed by atoms with Crippen molar-refractivity contribution < 1.29 is 0 Å². The molecule has 0 atom stereocenters. The van der Waals surface area contributed by atoms with E-state index in [1.807, 2.05) is 0 Å². The first-order chi connectivity index (χ1) is 8.81. The molecule has 92 valence electrons. The Morgan fingerprint density at radius 1 is 1.17 bits per heavy atom. The van der Waals surface area contributed by atoms with Crippen LogP contribution in [0.15, 0.2) is 36.4 Å². The topological polar surface area (TPSA) is 24.9 Å². The number of anilines is 1. The highest BCUT2D eigenvalue weighted by Crippen LogP contribution is 2.21. The maximum absolute atomic E-state index is 4.68. The summed E-state index contributed by atoms with van der Waals surface area (Å²) >= 11 is 0. The number of hydrogen-bond donors (Lipinski definition) is 1. The van der Waals surface area contributed by atoms with Gasteiger partial charge in [0.25, 0.3) is 0 Å². The maximum Gasteiger partial charge on any atom is 0.126 e. The molecular formula is C16H18N2. The summed E-state index contributed by atoms with van der Waals surface area (Å²) in [6.07, 6.45) is 3.58. The Balaban J connectivity index is 1.70. The van der Waals surface area contributed by atoms with Crippen LogP contribution in [0.2, 0.25) is 0 Å². The van der Waals surface area contributed by atoms with Crippen LogP contribution < -0.4 is 5.32 Å². The highest BCUT2D eigenvalue weighted by atomic mass is 15.0. The molecule has 2 heteroatoms. The van der Waals surface area contributed by atoms with Crippen LogP contribution in [0, 0.1) is 6.92 Å². The molecule has 1 aliphatic carbocycles. The summed E-state index contributed by atoms with van der Waals surface area (Å²) in [7, 11) is 0. The van der Waals surface area contributed by atoms with E-state index in [0.717, 1.165) is 18.8 Å². The molecule has 0 unspecified atom stereocenters. The highest BCUT2D eigenvalue weighted by Gasteiger charge is 2.12. The van der Waals surface area contributed by atoms with Crippen LogP contribution in [-0.2, 0) is 19.4 Å². The van der Waals surface area contributed by atoms with Crippen LogP contribution in [-0.4, -0.2) is 4.98 Å². The van der Waals surface area contributed by atoms with Gasteiger partial charge in [0.05, 0.1) is 0 Å². The fourth-order valence-electron chi connectivity index (χ4n) is 2.53. The van der Waals surface area contributed by atoms with Crippen molar-refractivity contribution in [2.75, 3.05) is 5.32 Å². The van der Waals surface area contributed by atoms with E-state index in [1.54, 1.807) is 0 Å². The van der Waals surface area contributed by atoms with E-state index in [1.165, 1.54) is 35.2 Å². The Morgan fingerprint density at radius 3 is 3.00 bits per heavy atom. The summed E-state index contributed by atoms with van der Waals surface area (Å²) in [5, 5.41) is 3.41. The van der Waals surface area contributed by atoms with Crippen LogP contribution in [0.3, 0.4) is 0 Å². The minimum absolute atomic E-state index is 0.841. The lowest BCUT2D eigenvalue weighted by molar-refractivity contribution is 0.899. The fourth-order valence-corrected chi connectivity index (χ4v) is 2.53. The Morgan fingerprint density at radius 2 is 2.11 bits per heavy atom. The van der Waals surface area contributed by atoms with E-state index in [2.05, 4.69) is 53.6 Å². The standard InChI is InChI=1S/C16H18N2/c1-12-4-2-5-13(10-12)11-17-16-9-8-14-6-3-7-15(14)18-16/h2,4-5,8-10H,3,6-7,11H2,1H3,(H,17,18). The second kappa shape index (κ2) is 4.81. The molecule has 1 aliphatic rings. The van der Waals surface area contributed by atoms with Crippen LogP contribution in [0.4, 0.5) is 5.82 Å². The number of nitrogens with one attached hydrogen (secondary N) is 1. The fraction of sp³-hybridized carbons (Fsp3) is 0.312. The molecular weight excluding hydrogens is 220 g/mol. The molecule has 3 rings (SSSR count). The van der Waals surface area contributed by atoms with E-state index in [4.69, 9.17) is 0 Å². The Hall–Kier alpha value is -1.83. The van der Waals surface area contributed by atoms with Gasteiger partial charge in [-0.15, -0.1) is 0 Å². The lowest BCUT2D eigenvalue weighted by atomic mass is 10.1. The zero-order chi connectivity index (χ0) is 12.4. The Kier molecular flexibility index (Phi) is 3.01. The molecule has 0 saturated carbocycles. The van der Waals surface area contributed by atoms with Gasteiger partial charge >= 0.3 is 0 Å². The number of nitrogens with zero attached hydrogens (tertiary/aromatic N) is 1. The minimum Gasteiger partial charge on any atom is -0.366 e. The average molecular weight is 238 g/mol. The lowest BCUT2D eigenvalue weighted by Crippen LogP contribution is -2.03. The molecule has 0 bridgehead atoms. The third-order valence-corrected chi connectivity index (χ3v) is 3.48. The first-order valence-corrected chi connectivity index (χ1v) is 6.59. The van der Waals surface area contributed by atoms with Crippen molar-refractivity contribution in [3.63, 3.8) is 0 Å². The molecule has 0 spiro atoms. The number of pyridine rings is 1. The third kappa shape index (κ3) is 2.37. The van der Waals surface area contributed by atoms with Crippen LogP contribution in [0.1, 0.15) is 28.8 Å². The molecule has 18 heavy (non-hydrogen) atoms. The summed E-state index contributed by atoms with van der Waals surface area (Å²) in [5.74, 6) is 0.997. The molecule has 1 aromatic heterocycles. The monoisotopic (exact) mass is 238 g/mol. The molecule has 0 radical (unpaired) electrons. The second-order valence-corrected chi connectivity index (χ2v) is 5.00. The smallest absolute Gasteiger partial charge is 0.126 e. The quantitative estimate of drug-likeness (QED) is 0.885. The Bertz CT molecular complexity index is 561. The number of aryl methyl sites for hydroxylation is 3. The van der Waals surface area contributed by atoms with Gasteiger partial charge in [-0.1, -0.05) is 35.9 Å². The third-order valence-electron chi connectivity index (χ3n) is 3.48. The van der Waals surface area contributed by atoms with Gasteiger partial charge in [0, 0.05) is 12.2 Å². The van der Waals surface area contributed by atoms with Crippen molar-refractivity contribution in [1.29, 1.82) is 0 Å². The minimum atomic E-state index is 0.841. The molecule has 1 N–H and O–H groups in total. The molecule has 0 saturated heterocycles. The summed E-state index contributed by atoms with van der Waals surface area (Å²) in [6, 6.07) is 12.9. The summed E-state index contributed by atoms with van der Waals surface area (Å²) < 4.78 is 0. The van der Waals surface area contributed by atoms with Crippen LogP contribution in [0.5, 0.6) is 0 Å². The zero-order valence-electron chi connectivity index (χ0n) is 10.7. The van der Waals surface area contributed by atoms with Gasteiger partial charge in [-0.25, -0.2) is 4.98 Å². The lowest BCUT2D eigenvalue weighted by Gasteiger charge is -2.08. The van der Waals surface area contributed by atoms with Crippen LogP contribution in [0.25, 0.3) is 0 Å². The molecule has 1 heterocycles. The maximum atomic E-state index is 4.68. The average Bonchev–Trinajstić information content (AvgIpc) is 2.84. The van der Waals surface area contributed by atoms with Gasteiger partial charge < -0.3 is 5.32 Å². The van der Waals surface area contributed by atoms with Crippen molar-refractivity contribution >= 4 is 5.82 Å². The van der Waals surface area contributed by atoms with Crippen molar-refractivity contribution in [2.45, 2.75) is 32.7 Å². The van der Waals surface area contributed by atoms with Gasteiger partial charge in [0.15, 0.2) is 0 Å². The van der Waals surface area contributed by atoms with Gasteiger partial charge in [-0.3, -0.25) is 0 Å². The van der Waals surface area contributed by atoms with Crippen molar-refractivity contribution in [3.05, 3.63) is 58.8 Å². The van der Waals surface area contributed by atoms with Gasteiger partial charge in [0.2, 0.25) is 0 Å². The predicted octanol–water partition coefficient (Wildman–Crippen LogP) is 3.49. The number of rotatable bonds is 3. The largest absolute Gasteiger partial charge is 0.366 e. The van der Waals surface area contributed by atoms with Crippen molar-refractivity contribution in [2.24, 2.45) is 0 Å². The Labute approximate surface area is 108 Å². The number of aromatic nitrogens is 1. The molecule has 2 aromatic rings. The predicted molar refractivity (Wildman–Crippen MR) is 74.8 cm³/mol. The zero-order valence-corrected chi connectivity index (χ0v) is 10.7. The number of hydrogen-bond acceptors (Lipinski definition) is 2. The molecule has 2 nitrogen and oxygen atoms in total. The summed E-state index contributed by atoms with van der Waals surface area (Å²) in [4.78, 5) is 4.68. The van der Waals surface area contributed by atoms with E-state index >= 15 is 0 Å². The molecule has 0 aliphatic heterocycles. The summed E-state index contributed by atoms with van der Waals surface area (Å²) in [5.41, 5.74) is 5.31. The first kappa shape index (κ1) is 11.3. The highest BCUT2D eigenvalue weighted by molar-refractivity contribution is 5.41. The normalized spacial score (nSPS) is 13.4.